The number of ether oxygens (including phenoxy) is 1. The lowest BCUT2D eigenvalue weighted by molar-refractivity contribution is -0.120. The van der Waals surface area contributed by atoms with E-state index >= 15 is 0 Å². The van der Waals surface area contributed by atoms with E-state index in [1.807, 2.05) is 36.4 Å². The van der Waals surface area contributed by atoms with Crippen LogP contribution in [0.5, 0.6) is 5.75 Å². The maximum Gasteiger partial charge on any atom is 0.224 e. The summed E-state index contributed by atoms with van der Waals surface area (Å²) in [5, 5.41) is 2.86. The van der Waals surface area contributed by atoms with Gasteiger partial charge in [0.25, 0.3) is 0 Å². The number of nitrogens with one attached hydrogen (secondary N) is 2. The van der Waals surface area contributed by atoms with E-state index < -0.39 is 10.0 Å². The summed E-state index contributed by atoms with van der Waals surface area (Å²) in [6, 6.07) is 14.4. The third-order valence-corrected chi connectivity index (χ3v) is 5.38. The molecule has 0 aliphatic carbocycles. The Bertz CT molecular complexity index is 879. The number of carbonyl (C=O) groups is 1. The fourth-order valence-corrected chi connectivity index (χ4v) is 4.19. The van der Waals surface area contributed by atoms with Gasteiger partial charge in [-0.05, 0) is 42.7 Å². The highest BCUT2D eigenvalue weighted by Crippen LogP contribution is 2.14. The molecular weight excluding hydrogens is 364 g/mol. The smallest absolute Gasteiger partial charge is 0.224 e. The van der Waals surface area contributed by atoms with Crippen molar-refractivity contribution >= 4 is 15.9 Å². The summed E-state index contributed by atoms with van der Waals surface area (Å²) in [6.07, 6.45) is 0.229. The maximum absolute atomic E-state index is 12.2. The summed E-state index contributed by atoms with van der Waals surface area (Å²) in [5.41, 5.74) is 2.31. The van der Waals surface area contributed by atoms with Crippen LogP contribution in [0.25, 0.3) is 0 Å². The molecule has 0 spiro atoms. The molecule has 0 radical (unpaired) electrons. The monoisotopic (exact) mass is 390 g/mol. The van der Waals surface area contributed by atoms with Gasteiger partial charge in [0.15, 0.2) is 0 Å². The molecule has 6 nitrogen and oxygen atoms in total. The molecule has 7 heteroatoms. The first-order valence-electron chi connectivity index (χ1n) is 8.75. The average molecular weight is 391 g/mol. The Hall–Kier alpha value is -2.38. The number of methoxy groups -OCH3 is 1. The molecule has 0 aliphatic rings. The zero-order chi connectivity index (χ0) is 19.9. The standard InChI is InChI=1S/C20H26N2O4S/c1-15(2)22-27(24,25)14-18-9-5-4-8-17(18)13-21-20(23)12-16-7-6-10-19(11-16)26-3/h4-11,15,22H,12-14H2,1-3H3,(H,21,23). The molecule has 2 N–H and O–H groups in total. The highest BCUT2D eigenvalue weighted by molar-refractivity contribution is 7.88. The Labute approximate surface area is 161 Å². The van der Waals surface area contributed by atoms with Gasteiger partial charge in [-0.2, -0.15) is 0 Å². The van der Waals surface area contributed by atoms with E-state index in [-0.39, 0.29) is 30.7 Å². The average Bonchev–Trinajstić information content (AvgIpc) is 2.59. The molecule has 1 amide bonds. The fourth-order valence-electron chi connectivity index (χ4n) is 2.70. The van der Waals surface area contributed by atoms with Crippen molar-refractivity contribution in [2.24, 2.45) is 0 Å². The molecule has 0 unspecified atom stereocenters. The lowest BCUT2D eigenvalue weighted by atomic mass is 10.1. The Morgan fingerprint density at radius 2 is 1.78 bits per heavy atom. The minimum absolute atomic E-state index is 0.118. The molecule has 0 bridgehead atoms. The summed E-state index contributed by atoms with van der Waals surface area (Å²) in [4.78, 5) is 12.2. The molecule has 0 aromatic heterocycles. The van der Waals surface area contributed by atoms with E-state index in [2.05, 4.69) is 10.0 Å². The van der Waals surface area contributed by atoms with Crippen LogP contribution >= 0.6 is 0 Å². The van der Waals surface area contributed by atoms with Crippen LogP contribution < -0.4 is 14.8 Å². The van der Waals surface area contributed by atoms with Crippen molar-refractivity contribution in [2.45, 2.75) is 38.6 Å². The SMILES string of the molecule is COc1cccc(CC(=O)NCc2ccccc2CS(=O)(=O)NC(C)C)c1. The number of rotatable bonds is 9. The molecule has 0 heterocycles. The third kappa shape index (κ3) is 7.03. The quantitative estimate of drug-likeness (QED) is 0.689. The molecule has 2 aromatic rings. The first kappa shape index (κ1) is 20.9. The van der Waals surface area contributed by atoms with Gasteiger partial charge in [-0.3, -0.25) is 4.79 Å². The normalized spacial score (nSPS) is 11.4. The number of sulfonamides is 1. The third-order valence-electron chi connectivity index (χ3n) is 3.85. The van der Waals surface area contributed by atoms with Crippen molar-refractivity contribution in [3.05, 3.63) is 65.2 Å². The van der Waals surface area contributed by atoms with Crippen LogP contribution in [0.3, 0.4) is 0 Å². The highest BCUT2D eigenvalue weighted by Gasteiger charge is 2.15. The van der Waals surface area contributed by atoms with Crippen LogP contribution in [-0.4, -0.2) is 27.5 Å². The van der Waals surface area contributed by atoms with E-state index in [4.69, 9.17) is 4.74 Å². The molecule has 0 atom stereocenters. The predicted molar refractivity (Wildman–Crippen MR) is 106 cm³/mol. The van der Waals surface area contributed by atoms with Gasteiger partial charge in [-0.25, -0.2) is 13.1 Å². The summed E-state index contributed by atoms with van der Waals surface area (Å²) in [7, 11) is -1.85. The Kier molecular flexibility index (Phi) is 7.38. The van der Waals surface area contributed by atoms with Gasteiger partial charge in [0, 0.05) is 12.6 Å². The van der Waals surface area contributed by atoms with Crippen LogP contribution in [0.15, 0.2) is 48.5 Å². The zero-order valence-corrected chi connectivity index (χ0v) is 16.7. The molecule has 2 aromatic carbocycles. The van der Waals surface area contributed by atoms with Crippen molar-refractivity contribution in [1.29, 1.82) is 0 Å². The van der Waals surface area contributed by atoms with Gasteiger partial charge in [0.1, 0.15) is 5.75 Å². The molecular formula is C20H26N2O4S. The molecule has 27 heavy (non-hydrogen) atoms. The van der Waals surface area contributed by atoms with Crippen LogP contribution in [0, 0.1) is 0 Å². The molecule has 2 rings (SSSR count). The fraction of sp³-hybridized carbons (Fsp3) is 0.350. The Balaban J connectivity index is 2.00. The van der Waals surface area contributed by atoms with Crippen molar-refractivity contribution in [3.8, 4) is 5.75 Å². The highest BCUT2D eigenvalue weighted by atomic mass is 32.2. The lowest BCUT2D eigenvalue weighted by Gasteiger charge is -2.13. The molecule has 146 valence electrons. The van der Waals surface area contributed by atoms with Gasteiger partial charge in [0.2, 0.25) is 15.9 Å². The summed E-state index contributed by atoms with van der Waals surface area (Å²) >= 11 is 0. The van der Waals surface area contributed by atoms with E-state index in [1.54, 1.807) is 33.1 Å². The van der Waals surface area contributed by atoms with Crippen LogP contribution in [-0.2, 0) is 33.5 Å². The molecule has 0 fully saturated rings. The molecule has 0 saturated carbocycles. The van der Waals surface area contributed by atoms with Gasteiger partial charge in [0.05, 0.1) is 19.3 Å². The second-order valence-corrected chi connectivity index (χ2v) is 8.36. The number of amides is 1. The van der Waals surface area contributed by atoms with Crippen LogP contribution in [0.2, 0.25) is 0 Å². The Morgan fingerprint density at radius 1 is 1.07 bits per heavy atom. The Morgan fingerprint density at radius 3 is 2.44 bits per heavy atom. The number of hydrogen-bond acceptors (Lipinski definition) is 4. The van der Waals surface area contributed by atoms with Crippen LogP contribution in [0.4, 0.5) is 0 Å². The van der Waals surface area contributed by atoms with Gasteiger partial charge in [-0.15, -0.1) is 0 Å². The first-order chi connectivity index (χ1) is 12.8. The zero-order valence-electron chi connectivity index (χ0n) is 15.9. The van der Waals surface area contributed by atoms with Gasteiger partial charge >= 0.3 is 0 Å². The minimum Gasteiger partial charge on any atom is -0.497 e. The number of benzene rings is 2. The lowest BCUT2D eigenvalue weighted by Crippen LogP contribution is -2.32. The topological polar surface area (TPSA) is 84.5 Å². The van der Waals surface area contributed by atoms with E-state index in [0.29, 0.717) is 11.3 Å². The number of carbonyl (C=O) groups excluding carboxylic acids is 1. The van der Waals surface area contributed by atoms with Gasteiger partial charge in [-0.1, -0.05) is 36.4 Å². The predicted octanol–water partition coefficient (Wildman–Crippen LogP) is 2.38. The van der Waals surface area contributed by atoms with E-state index in [1.165, 1.54) is 0 Å². The van der Waals surface area contributed by atoms with E-state index in [9.17, 15) is 13.2 Å². The summed E-state index contributed by atoms with van der Waals surface area (Å²) < 4.78 is 32.1. The van der Waals surface area contributed by atoms with Crippen molar-refractivity contribution in [2.75, 3.05) is 7.11 Å². The first-order valence-corrected chi connectivity index (χ1v) is 10.4. The summed E-state index contributed by atoms with van der Waals surface area (Å²) in [6.45, 7) is 3.83. The molecule has 0 saturated heterocycles. The maximum atomic E-state index is 12.2. The van der Waals surface area contributed by atoms with Crippen molar-refractivity contribution < 1.29 is 17.9 Å². The summed E-state index contributed by atoms with van der Waals surface area (Å²) in [5.74, 6) is 0.447. The number of hydrogen-bond donors (Lipinski definition) is 2. The van der Waals surface area contributed by atoms with Crippen molar-refractivity contribution in [1.82, 2.24) is 10.0 Å². The van der Waals surface area contributed by atoms with Gasteiger partial charge < -0.3 is 10.1 Å². The van der Waals surface area contributed by atoms with Crippen molar-refractivity contribution in [3.63, 3.8) is 0 Å². The minimum atomic E-state index is -3.43. The largest absolute Gasteiger partial charge is 0.497 e. The van der Waals surface area contributed by atoms with Crippen LogP contribution in [0.1, 0.15) is 30.5 Å². The van der Waals surface area contributed by atoms with E-state index in [0.717, 1.165) is 11.1 Å². The second kappa shape index (κ2) is 9.53. The molecule has 0 aliphatic heterocycles. The second-order valence-electron chi connectivity index (χ2n) is 6.61.